The fourth-order valence-electron chi connectivity index (χ4n) is 4.26. The van der Waals surface area contributed by atoms with Crippen LogP contribution in [0.3, 0.4) is 0 Å². The van der Waals surface area contributed by atoms with Crippen LogP contribution in [0.15, 0.2) is 41.8 Å². The predicted octanol–water partition coefficient (Wildman–Crippen LogP) is 2.85. The molecule has 1 saturated carbocycles. The summed E-state index contributed by atoms with van der Waals surface area (Å²) in [7, 11) is 0. The summed E-state index contributed by atoms with van der Waals surface area (Å²) in [4.78, 5) is 11.8. The number of nitrogens with zero attached hydrogens (tertiary/aromatic N) is 5. The van der Waals surface area contributed by atoms with E-state index < -0.39 is 0 Å². The van der Waals surface area contributed by atoms with Crippen LogP contribution in [-0.4, -0.2) is 45.3 Å². The zero-order chi connectivity index (χ0) is 17.8. The molecule has 1 aliphatic carbocycles. The van der Waals surface area contributed by atoms with Gasteiger partial charge in [0.05, 0.1) is 6.54 Å². The molecule has 1 saturated heterocycles. The Morgan fingerprint density at radius 2 is 2.04 bits per heavy atom. The minimum absolute atomic E-state index is 0.658. The summed E-state index contributed by atoms with van der Waals surface area (Å²) in [6, 6.07) is 6.00. The van der Waals surface area contributed by atoms with E-state index in [-0.39, 0.29) is 0 Å². The van der Waals surface area contributed by atoms with E-state index in [1.807, 2.05) is 24.5 Å². The van der Waals surface area contributed by atoms with Gasteiger partial charge in [-0.05, 0) is 55.4 Å². The summed E-state index contributed by atoms with van der Waals surface area (Å²) in [6.45, 7) is 6.02. The molecule has 0 spiro atoms. The summed E-state index contributed by atoms with van der Waals surface area (Å²) in [5, 5.41) is 7.74. The highest BCUT2D eigenvalue weighted by Crippen LogP contribution is 2.35. The van der Waals surface area contributed by atoms with Crippen molar-refractivity contribution in [3.8, 4) is 5.82 Å². The average Bonchev–Trinajstić information content (AvgIpc) is 3.34. The van der Waals surface area contributed by atoms with Crippen molar-refractivity contribution < 1.29 is 0 Å². The van der Waals surface area contributed by atoms with E-state index in [4.69, 9.17) is 4.99 Å². The zero-order valence-corrected chi connectivity index (χ0v) is 15.5. The van der Waals surface area contributed by atoms with Crippen molar-refractivity contribution in [3.63, 3.8) is 0 Å². The van der Waals surface area contributed by atoms with Gasteiger partial charge in [-0.3, -0.25) is 0 Å². The number of nitrogens with one attached hydrogen (secondary N) is 1. The van der Waals surface area contributed by atoms with Crippen LogP contribution in [0.2, 0.25) is 0 Å². The van der Waals surface area contributed by atoms with Crippen molar-refractivity contribution in [3.05, 3.63) is 42.4 Å². The zero-order valence-electron chi connectivity index (χ0n) is 15.5. The quantitative estimate of drug-likeness (QED) is 0.679. The summed E-state index contributed by atoms with van der Waals surface area (Å²) in [6.07, 6.45) is 11.1. The summed E-state index contributed by atoms with van der Waals surface area (Å²) < 4.78 is 1.78. The maximum absolute atomic E-state index is 4.92. The third kappa shape index (κ3) is 3.74. The van der Waals surface area contributed by atoms with E-state index in [0.29, 0.717) is 6.54 Å². The predicted molar refractivity (Wildman–Crippen MR) is 103 cm³/mol. The number of aliphatic imine (C=N–C) groups is 1. The summed E-state index contributed by atoms with van der Waals surface area (Å²) in [5.41, 5.74) is 1.15. The molecule has 6 heteroatoms. The van der Waals surface area contributed by atoms with Crippen molar-refractivity contribution in [1.29, 1.82) is 0 Å². The van der Waals surface area contributed by atoms with E-state index in [0.717, 1.165) is 48.8 Å². The molecule has 2 fully saturated rings. The molecule has 4 rings (SSSR count). The Morgan fingerprint density at radius 1 is 1.23 bits per heavy atom. The van der Waals surface area contributed by atoms with Crippen LogP contribution in [0, 0.1) is 11.8 Å². The van der Waals surface area contributed by atoms with Gasteiger partial charge in [0.15, 0.2) is 11.8 Å². The third-order valence-electron chi connectivity index (χ3n) is 5.57. The van der Waals surface area contributed by atoms with Crippen LogP contribution in [0.4, 0.5) is 0 Å². The second-order valence-corrected chi connectivity index (χ2v) is 7.35. The number of hydrogen-bond acceptors (Lipinski definition) is 3. The molecule has 0 aromatic carbocycles. The van der Waals surface area contributed by atoms with Crippen LogP contribution in [0.5, 0.6) is 0 Å². The SMILES string of the molecule is CCNC(=NCc1ccnc(-n2cccn2)c1)N1CC2CCCCC2C1. The molecule has 0 radical (unpaired) electrons. The van der Waals surface area contributed by atoms with Crippen LogP contribution in [0.25, 0.3) is 5.82 Å². The number of pyridine rings is 1. The summed E-state index contributed by atoms with van der Waals surface area (Å²) in [5.74, 6) is 3.61. The molecule has 26 heavy (non-hydrogen) atoms. The molecule has 1 N–H and O–H groups in total. The molecule has 138 valence electrons. The smallest absolute Gasteiger partial charge is 0.194 e. The molecule has 2 aromatic rings. The second kappa shape index (κ2) is 7.89. The second-order valence-electron chi connectivity index (χ2n) is 7.35. The van der Waals surface area contributed by atoms with Gasteiger partial charge in [-0.25, -0.2) is 14.7 Å². The Hall–Kier alpha value is -2.37. The first-order chi connectivity index (χ1) is 12.8. The molecule has 0 amide bonds. The first-order valence-corrected chi connectivity index (χ1v) is 9.81. The Balaban J connectivity index is 1.47. The maximum atomic E-state index is 4.92. The van der Waals surface area contributed by atoms with Crippen LogP contribution >= 0.6 is 0 Å². The highest BCUT2D eigenvalue weighted by molar-refractivity contribution is 5.80. The van der Waals surface area contributed by atoms with Gasteiger partial charge in [0.2, 0.25) is 0 Å². The Bertz CT molecular complexity index is 725. The molecule has 6 nitrogen and oxygen atoms in total. The minimum Gasteiger partial charge on any atom is -0.357 e. The lowest BCUT2D eigenvalue weighted by molar-refractivity contribution is 0.299. The van der Waals surface area contributed by atoms with Crippen LogP contribution in [0.1, 0.15) is 38.2 Å². The fourth-order valence-corrected chi connectivity index (χ4v) is 4.26. The van der Waals surface area contributed by atoms with Gasteiger partial charge in [-0.2, -0.15) is 5.10 Å². The Morgan fingerprint density at radius 3 is 2.73 bits per heavy atom. The third-order valence-corrected chi connectivity index (χ3v) is 5.57. The van der Waals surface area contributed by atoms with E-state index in [1.54, 1.807) is 10.9 Å². The highest BCUT2D eigenvalue weighted by Gasteiger charge is 2.35. The molecule has 2 atom stereocenters. The molecule has 0 bridgehead atoms. The monoisotopic (exact) mass is 352 g/mol. The normalized spacial score (nSPS) is 23.1. The largest absolute Gasteiger partial charge is 0.357 e. The van der Waals surface area contributed by atoms with Gasteiger partial charge in [-0.15, -0.1) is 0 Å². The maximum Gasteiger partial charge on any atom is 0.194 e. The van der Waals surface area contributed by atoms with E-state index >= 15 is 0 Å². The van der Waals surface area contributed by atoms with Crippen molar-refractivity contribution in [2.24, 2.45) is 16.8 Å². The van der Waals surface area contributed by atoms with Gasteiger partial charge in [0, 0.05) is 38.2 Å². The van der Waals surface area contributed by atoms with Crippen molar-refractivity contribution in [2.75, 3.05) is 19.6 Å². The van der Waals surface area contributed by atoms with E-state index in [1.165, 1.54) is 25.7 Å². The molecular formula is C20H28N6. The molecule has 2 unspecified atom stereocenters. The Labute approximate surface area is 155 Å². The van der Waals surface area contributed by atoms with Gasteiger partial charge in [0.25, 0.3) is 0 Å². The van der Waals surface area contributed by atoms with Crippen molar-refractivity contribution in [2.45, 2.75) is 39.2 Å². The first-order valence-electron chi connectivity index (χ1n) is 9.81. The summed E-state index contributed by atoms with van der Waals surface area (Å²) >= 11 is 0. The molecule has 2 aromatic heterocycles. The van der Waals surface area contributed by atoms with E-state index in [9.17, 15) is 0 Å². The number of rotatable bonds is 4. The van der Waals surface area contributed by atoms with Crippen LogP contribution in [-0.2, 0) is 6.54 Å². The van der Waals surface area contributed by atoms with Gasteiger partial charge < -0.3 is 10.2 Å². The molecule has 3 heterocycles. The number of likely N-dealkylation sites (tertiary alicyclic amines) is 1. The van der Waals surface area contributed by atoms with Crippen molar-refractivity contribution >= 4 is 5.96 Å². The van der Waals surface area contributed by atoms with Gasteiger partial charge in [-0.1, -0.05) is 12.8 Å². The minimum atomic E-state index is 0.658. The number of guanidine groups is 1. The molecule has 1 aliphatic heterocycles. The van der Waals surface area contributed by atoms with E-state index in [2.05, 4.69) is 33.3 Å². The first kappa shape index (κ1) is 17.1. The average molecular weight is 352 g/mol. The standard InChI is InChI=1S/C20H28N6/c1-2-21-20(25-14-17-6-3-4-7-18(17)15-25)23-13-16-8-10-22-19(12-16)26-11-5-9-24-26/h5,8-12,17-18H,2-4,6-7,13-15H2,1H3,(H,21,23). The van der Waals surface area contributed by atoms with Gasteiger partial charge >= 0.3 is 0 Å². The fraction of sp³-hybridized carbons (Fsp3) is 0.550. The molecular weight excluding hydrogens is 324 g/mol. The highest BCUT2D eigenvalue weighted by atomic mass is 15.3. The van der Waals surface area contributed by atoms with Crippen molar-refractivity contribution in [1.82, 2.24) is 25.0 Å². The Kier molecular flexibility index (Phi) is 5.18. The topological polar surface area (TPSA) is 58.3 Å². The lowest BCUT2D eigenvalue weighted by Gasteiger charge is -2.22. The number of hydrogen-bond donors (Lipinski definition) is 1. The number of aromatic nitrogens is 3. The number of fused-ring (bicyclic) bond motifs is 1. The van der Waals surface area contributed by atoms with Crippen LogP contribution < -0.4 is 5.32 Å². The molecule has 2 aliphatic rings. The lowest BCUT2D eigenvalue weighted by Crippen LogP contribution is -2.40. The lowest BCUT2D eigenvalue weighted by atomic mass is 9.82. The van der Waals surface area contributed by atoms with Gasteiger partial charge in [0.1, 0.15) is 0 Å².